The first-order valence-corrected chi connectivity index (χ1v) is 13.8. The Morgan fingerprint density at radius 1 is 1.12 bits per heavy atom. The predicted molar refractivity (Wildman–Crippen MR) is 149 cm³/mol. The Labute approximate surface area is 239 Å². The molecule has 0 heterocycles. The zero-order valence-electron chi connectivity index (χ0n) is 23.3. The molecule has 13 heteroatoms. The first-order valence-electron chi connectivity index (χ1n) is 13.8. The van der Waals surface area contributed by atoms with Gasteiger partial charge in [0.25, 0.3) is 5.91 Å². The van der Waals surface area contributed by atoms with Crippen molar-refractivity contribution in [1.82, 2.24) is 21.3 Å². The number of aliphatic hydroxyl groups excluding tert-OH is 1. The van der Waals surface area contributed by atoms with E-state index in [-0.39, 0.29) is 19.0 Å². The van der Waals surface area contributed by atoms with Crippen LogP contribution in [0.3, 0.4) is 0 Å². The van der Waals surface area contributed by atoms with E-state index in [1.165, 1.54) is 13.2 Å². The minimum atomic E-state index is -2.22. The molecule has 41 heavy (non-hydrogen) atoms. The van der Waals surface area contributed by atoms with E-state index in [4.69, 9.17) is 15.2 Å². The summed E-state index contributed by atoms with van der Waals surface area (Å²) in [5, 5.41) is 32.9. The molecule has 1 aromatic rings. The van der Waals surface area contributed by atoms with E-state index in [0.29, 0.717) is 11.3 Å². The van der Waals surface area contributed by atoms with E-state index in [9.17, 15) is 29.4 Å². The van der Waals surface area contributed by atoms with Crippen molar-refractivity contribution in [3.8, 4) is 5.75 Å². The first-order chi connectivity index (χ1) is 19.5. The van der Waals surface area contributed by atoms with Crippen LogP contribution in [0.5, 0.6) is 5.75 Å². The van der Waals surface area contributed by atoms with E-state index in [1.807, 2.05) is 0 Å². The molecule has 0 radical (unpaired) electrons. The molecule has 8 N–H and O–H groups in total. The number of hydrogen-bond acceptors (Lipinski definition) is 8. The van der Waals surface area contributed by atoms with Crippen LogP contribution in [0.1, 0.15) is 50.5 Å². The summed E-state index contributed by atoms with van der Waals surface area (Å²) in [6.07, 6.45) is 1.61. The van der Waals surface area contributed by atoms with Gasteiger partial charge in [-0.15, -0.1) is 6.58 Å². The molecule has 2 aliphatic carbocycles. The average molecular weight is 576 g/mol. The zero-order chi connectivity index (χ0) is 30.0. The second-order valence-corrected chi connectivity index (χ2v) is 10.6. The quantitative estimate of drug-likeness (QED) is 0.183. The minimum Gasteiger partial charge on any atom is -0.497 e. The van der Waals surface area contributed by atoms with Crippen LogP contribution in [0.2, 0.25) is 0 Å². The number of methoxy groups -OCH3 is 1. The Morgan fingerprint density at radius 2 is 1.80 bits per heavy atom. The molecule has 0 unspecified atom stereocenters. The minimum absolute atomic E-state index is 0.0299. The zero-order valence-corrected chi connectivity index (χ0v) is 23.3. The van der Waals surface area contributed by atoms with Gasteiger partial charge in [0.15, 0.2) is 0 Å². The second-order valence-electron chi connectivity index (χ2n) is 10.6. The lowest BCUT2D eigenvalue weighted by atomic mass is 9.77. The number of urea groups is 1. The Balaban J connectivity index is 1.76. The molecule has 2 aliphatic rings. The SMILES string of the molecule is C=CCNC(=O)O[C@@H]1C[C@](O)(C(=O)N[C@@H](Cc2ccc(OC)cc2)C(N)=O)C[C@H](NC(=O)NC2CCCCC2)[C@H]1O. The standard InChI is InChI=1S/C28H41N5O8/c1-3-13-30-27(38)41-22-16-28(39,15-21(23(22)34)33-26(37)31-18-7-5-4-6-8-18)25(36)32-20(24(29)35)14-17-9-11-19(40-2)12-10-17/h3,9-12,18,20-23,34,39H,1,4-8,13-16H2,2H3,(H2,29,35)(H,30,38)(H,32,36)(H2,31,33,37)/t20-,21-,22+,23+,28-/m0/s1. The summed E-state index contributed by atoms with van der Waals surface area (Å²) in [7, 11) is 1.52. The molecule has 13 nitrogen and oxygen atoms in total. The van der Waals surface area contributed by atoms with E-state index >= 15 is 0 Å². The first kappa shape index (κ1) is 31.7. The third-order valence-corrected chi connectivity index (χ3v) is 7.47. The highest BCUT2D eigenvalue weighted by Crippen LogP contribution is 2.32. The predicted octanol–water partition coefficient (Wildman–Crippen LogP) is 0.375. The lowest BCUT2D eigenvalue weighted by Gasteiger charge is -2.43. The number of hydrogen-bond donors (Lipinski definition) is 7. The van der Waals surface area contributed by atoms with Gasteiger partial charge >= 0.3 is 12.1 Å². The van der Waals surface area contributed by atoms with Crippen molar-refractivity contribution in [1.29, 1.82) is 0 Å². The van der Waals surface area contributed by atoms with Gasteiger partial charge in [-0.1, -0.05) is 37.5 Å². The topological polar surface area (TPSA) is 201 Å². The number of ether oxygens (including phenoxy) is 2. The summed E-state index contributed by atoms with van der Waals surface area (Å²) in [4.78, 5) is 50.7. The molecule has 0 spiro atoms. The third-order valence-electron chi connectivity index (χ3n) is 7.47. The highest BCUT2D eigenvalue weighted by Gasteiger charge is 2.51. The Bertz CT molecular complexity index is 1080. The summed E-state index contributed by atoms with van der Waals surface area (Å²) in [5.74, 6) is -1.18. The number of rotatable bonds is 11. The molecule has 226 valence electrons. The average Bonchev–Trinajstić information content (AvgIpc) is 2.94. The van der Waals surface area contributed by atoms with Gasteiger partial charge in [0.1, 0.15) is 29.6 Å². The van der Waals surface area contributed by atoms with Gasteiger partial charge in [0.2, 0.25) is 5.91 Å². The fourth-order valence-electron chi connectivity index (χ4n) is 5.20. The number of primary amides is 1. The lowest BCUT2D eigenvalue weighted by molar-refractivity contribution is -0.159. The Hall–Kier alpha value is -3.84. The number of nitrogens with one attached hydrogen (secondary N) is 4. The molecule has 0 saturated heterocycles. The van der Waals surface area contributed by atoms with E-state index < -0.39 is 66.7 Å². The van der Waals surface area contributed by atoms with Crippen molar-refractivity contribution in [2.24, 2.45) is 5.73 Å². The van der Waals surface area contributed by atoms with Crippen molar-refractivity contribution < 1.29 is 38.9 Å². The molecule has 0 aliphatic heterocycles. The van der Waals surface area contributed by atoms with Crippen molar-refractivity contribution >= 4 is 23.9 Å². The van der Waals surface area contributed by atoms with Crippen LogP contribution in [0.4, 0.5) is 9.59 Å². The maximum Gasteiger partial charge on any atom is 0.407 e. The number of carbonyl (C=O) groups excluding carboxylic acids is 4. The highest BCUT2D eigenvalue weighted by atomic mass is 16.6. The number of nitrogens with two attached hydrogens (primary N) is 1. The van der Waals surface area contributed by atoms with Gasteiger partial charge in [0, 0.05) is 31.8 Å². The molecule has 1 aromatic carbocycles. The molecule has 0 aromatic heterocycles. The molecule has 5 amide bonds. The number of benzene rings is 1. The molecule has 0 bridgehead atoms. The smallest absolute Gasteiger partial charge is 0.407 e. The van der Waals surface area contributed by atoms with Crippen LogP contribution >= 0.6 is 0 Å². The van der Waals surface area contributed by atoms with Crippen molar-refractivity contribution in [3.05, 3.63) is 42.5 Å². The summed E-state index contributed by atoms with van der Waals surface area (Å²) < 4.78 is 10.5. The Morgan fingerprint density at radius 3 is 2.41 bits per heavy atom. The summed E-state index contributed by atoms with van der Waals surface area (Å²) >= 11 is 0. The van der Waals surface area contributed by atoms with Crippen LogP contribution in [0.15, 0.2) is 36.9 Å². The Kier molecular flexibility index (Phi) is 11.4. The summed E-state index contributed by atoms with van der Waals surface area (Å²) in [6, 6.07) is 3.87. The van der Waals surface area contributed by atoms with Crippen LogP contribution in [0.25, 0.3) is 0 Å². The maximum absolute atomic E-state index is 13.4. The van der Waals surface area contributed by atoms with Crippen molar-refractivity contribution in [2.45, 2.75) is 87.3 Å². The second kappa shape index (κ2) is 14.7. The van der Waals surface area contributed by atoms with Crippen LogP contribution in [-0.2, 0) is 20.7 Å². The van der Waals surface area contributed by atoms with Gasteiger partial charge in [-0.05, 0) is 30.5 Å². The molecule has 2 fully saturated rings. The summed E-state index contributed by atoms with van der Waals surface area (Å²) in [5.41, 5.74) is 4.01. The normalized spacial score (nSPS) is 25.2. The molecule has 5 atom stereocenters. The highest BCUT2D eigenvalue weighted by molar-refractivity contribution is 5.91. The fraction of sp³-hybridized carbons (Fsp3) is 0.571. The number of alkyl carbamates (subject to hydrolysis) is 1. The molecule has 2 saturated carbocycles. The maximum atomic E-state index is 13.4. The van der Waals surface area contributed by atoms with Crippen molar-refractivity contribution in [3.63, 3.8) is 0 Å². The number of carbonyl (C=O) groups is 4. The van der Waals surface area contributed by atoms with Gasteiger partial charge in [-0.3, -0.25) is 9.59 Å². The molecular weight excluding hydrogens is 534 g/mol. The molecular formula is C28H41N5O8. The fourth-order valence-corrected chi connectivity index (χ4v) is 5.20. The van der Waals surface area contributed by atoms with Gasteiger partial charge in [-0.2, -0.15) is 0 Å². The van der Waals surface area contributed by atoms with Gasteiger partial charge in [0.05, 0.1) is 13.2 Å². The monoisotopic (exact) mass is 575 g/mol. The van der Waals surface area contributed by atoms with E-state index in [1.54, 1.807) is 24.3 Å². The van der Waals surface area contributed by atoms with Gasteiger partial charge < -0.3 is 46.7 Å². The van der Waals surface area contributed by atoms with E-state index in [2.05, 4.69) is 27.8 Å². The van der Waals surface area contributed by atoms with Crippen LogP contribution in [-0.4, -0.2) is 83.7 Å². The lowest BCUT2D eigenvalue weighted by Crippen LogP contribution is -2.66. The van der Waals surface area contributed by atoms with Crippen LogP contribution in [0, 0.1) is 0 Å². The van der Waals surface area contributed by atoms with Crippen LogP contribution < -0.4 is 31.7 Å². The molecule has 3 rings (SSSR count). The largest absolute Gasteiger partial charge is 0.497 e. The number of amides is 5. The van der Waals surface area contributed by atoms with Gasteiger partial charge in [-0.25, -0.2) is 9.59 Å². The number of aliphatic hydroxyl groups is 2. The third kappa shape index (κ3) is 9.08. The van der Waals surface area contributed by atoms with Crippen molar-refractivity contribution in [2.75, 3.05) is 13.7 Å². The summed E-state index contributed by atoms with van der Waals surface area (Å²) in [6.45, 7) is 3.59. The van der Waals surface area contributed by atoms with E-state index in [0.717, 1.165) is 32.1 Å².